The average Bonchev–Trinajstić information content (AvgIpc) is 2.99. The van der Waals surface area contributed by atoms with E-state index < -0.39 is 0 Å². The lowest BCUT2D eigenvalue weighted by Gasteiger charge is -2.38. The zero-order valence-corrected chi connectivity index (χ0v) is 16.7. The van der Waals surface area contributed by atoms with Crippen LogP contribution in [0.2, 0.25) is 10.0 Å². The SMILES string of the molecule is O=C(NCC1(c2ccc(Cl)cc2Cl)CCOCC1)c1sccc1Br. The molecule has 7 heteroatoms. The highest BCUT2D eigenvalue weighted by Crippen LogP contribution is 2.39. The Kier molecular flexibility index (Phi) is 5.88. The van der Waals surface area contributed by atoms with Gasteiger partial charge in [0.1, 0.15) is 4.88 Å². The minimum absolute atomic E-state index is 0.0761. The predicted octanol–water partition coefficient (Wildman–Crippen LogP) is 5.30. The fourth-order valence-corrected chi connectivity index (χ4v) is 5.09. The summed E-state index contributed by atoms with van der Waals surface area (Å²) < 4.78 is 6.34. The maximum absolute atomic E-state index is 12.5. The van der Waals surface area contributed by atoms with Crippen molar-refractivity contribution in [1.82, 2.24) is 5.32 Å². The number of rotatable bonds is 4. The van der Waals surface area contributed by atoms with Crippen molar-refractivity contribution in [2.45, 2.75) is 18.3 Å². The maximum atomic E-state index is 12.5. The van der Waals surface area contributed by atoms with Gasteiger partial charge < -0.3 is 10.1 Å². The lowest BCUT2D eigenvalue weighted by atomic mass is 9.74. The molecule has 0 atom stereocenters. The van der Waals surface area contributed by atoms with Crippen molar-refractivity contribution in [3.05, 3.63) is 54.6 Å². The van der Waals surface area contributed by atoms with E-state index >= 15 is 0 Å². The molecule has 1 aromatic carbocycles. The molecule has 1 aliphatic rings. The molecule has 0 unspecified atom stereocenters. The monoisotopic (exact) mass is 447 g/mol. The van der Waals surface area contributed by atoms with Crippen molar-refractivity contribution < 1.29 is 9.53 Å². The zero-order chi connectivity index (χ0) is 17.2. The molecule has 0 radical (unpaired) electrons. The molecule has 3 rings (SSSR count). The van der Waals surface area contributed by atoms with E-state index in [0.717, 1.165) is 22.9 Å². The Morgan fingerprint density at radius 1 is 1.29 bits per heavy atom. The molecular weight excluding hydrogens is 433 g/mol. The quantitative estimate of drug-likeness (QED) is 0.689. The lowest BCUT2D eigenvalue weighted by molar-refractivity contribution is 0.0488. The van der Waals surface area contributed by atoms with Crippen molar-refractivity contribution in [3.8, 4) is 0 Å². The van der Waals surface area contributed by atoms with Crippen LogP contribution in [0.3, 0.4) is 0 Å². The fourth-order valence-electron chi connectivity index (χ4n) is 3.01. The largest absolute Gasteiger partial charge is 0.381 e. The highest BCUT2D eigenvalue weighted by atomic mass is 79.9. The highest BCUT2D eigenvalue weighted by molar-refractivity contribution is 9.10. The molecule has 1 aliphatic heterocycles. The molecule has 1 saturated heterocycles. The Morgan fingerprint density at radius 2 is 2.04 bits per heavy atom. The third-order valence-corrected chi connectivity index (χ3v) is 6.75. The van der Waals surface area contributed by atoms with Crippen LogP contribution >= 0.6 is 50.5 Å². The summed E-state index contributed by atoms with van der Waals surface area (Å²) in [5.74, 6) is -0.0761. The van der Waals surface area contributed by atoms with Crippen LogP contribution in [0.25, 0.3) is 0 Å². The van der Waals surface area contributed by atoms with Gasteiger partial charge in [-0.1, -0.05) is 29.3 Å². The fraction of sp³-hybridized carbons (Fsp3) is 0.353. The number of ether oxygens (including phenoxy) is 1. The first-order chi connectivity index (χ1) is 11.5. The van der Waals surface area contributed by atoms with Crippen molar-refractivity contribution in [3.63, 3.8) is 0 Å². The van der Waals surface area contributed by atoms with E-state index in [2.05, 4.69) is 21.2 Å². The highest BCUT2D eigenvalue weighted by Gasteiger charge is 2.36. The first-order valence-electron chi connectivity index (χ1n) is 7.56. The van der Waals surface area contributed by atoms with Gasteiger partial charge in [-0.2, -0.15) is 0 Å². The summed E-state index contributed by atoms with van der Waals surface area (Å²) in [6, 6.07) is 7.44. The van der Waals surface area contributed by atoms with E-state index in [9.17, 15) is 4.79 Å². The molecule has 0 bridgehead atoms. The molecule has 3 nitrogen and oxygen atoms in total. The summed E-state index contributed by atoms with van der Waals surface area (Å²) in [7, 11) is 0. The van der Waals surface area contributed by atoms with Gasteiger partial charge in [-0.05, 0) is 57.9 Å². The standard InChI is InChI=1S/C17H16BrCl2NO2S/c18-13-3-8-24-15(13)16(22)21-10-17(4-6-23-7-5-17)12-2-1-11(19)9-14(12)20/h1-3,8-9H,4-7,10H2,(H,21,22). The molecule has 0 aliphatic carbocycles. The molecule has 1 aromatic heterocycles. The normalized spacial score (nSPS) is 16.8. The van der Waals surface area contributed by atoms with Crippen LogP contribution in [0.4, 0.5) is 0 Å². The van der Waals surface area contributed by atoms with Crippen molar-refractivity contribution in [2.75, 3.05) is 19.8 Å². The summed E-state index contributed by atoms with van der Waals surface area (Å²) in [6.07, 6.45) is 1.61. The van der Waals surface area contributed by atoms with Gasteiger partial charge in [0.25, 0.3) is 5.91 Å². The number of nitrogens with one attached hydrogen (secondary N) is 1. The molecule has 2 heterocycles. The van der Waals surface area contributed by atoms with Crippen molar-refractivity contribution >= 4 is 56.4 Å². The van der Waals surface area contributed by atoms with Gasteiger partial charge in [0.15, 0.2) is 0 Å². The van der Waals surface area contributed by atoms with Crippen molar-refractivity contribution in [2.24, 2.45) is 0 Å². The molecule has 1 N–H and O–H groups in total. The second kappa shape index (κ2) is 7.75. The van der Waals surface area contributed by atoms with Gasteiger partial charge in [-0.3, -0.25) is 4.79 Å². The average molecular weight is 449 g/mol. The van der Waals surface area contributed by atoms with Crippen LogP contribution in [0, 0.1) is 0 Å². The van der Waals surface area contributed by atoms with Gasteiger partial charge in [-0.25, -0.2) is 0 Å². The van der Waals surface area contributed by atoms with Gasteiger partial charge in [-0.15, -0.1) is 11.3 Å². The Labute approximate surface area is 163 Å². The van der Waals surface area contributed by atoms with E-state index in [0.29, 0.717) is 34.7 Å². The third-order valence-electron chi connectivity index (χ3n) is 4.36. The lowest BCUT2D eigenvalue weighted by Crippen LogP contribution is -2.44. The number of benzene rings is 1. The molecule has 0 saturated carbocycles. The number of amides is 1. The first-order valence-corrected chi connectivity index (χ1v) is 9.99. The van der Waals surface area contributed by atoms with Crippen LogP contribution < -0.4 is 5.32 Å². The Balaban J connectivity index is 1.84. The Morgan fingerprint density at radius 3 is 2.67 bits per heavy atom. The van der Waals surface area contributed by atoms with Crippen LogP contribution in [0.1, 0.15) is 28.1 Å². The van der Waals surface area contributed by atoms with Crippen molar-refractivity contribution in [1.29, 1.82) is 0 Å². The molecule has 2 aromatic rings. The molecule has 0 spiro atoms. The van der Waals surface area contributed by atoms with Gasteiger partial charge in [0.05, 0.1) is 0 Å². The van der Waals surface area contributed by atoms with E-state index in [1.165, 1.54) is 11.3 Å². The predicted molar refractivity (Wildman–Crippen MR) is 103 cm³/mol. The molecule has 1 amide bonds. The van der Waals surface area contributed by atoms with E-state index in [1.807, 2.05) is 23.6 Å². The van der Waals surface area contributed by atoms with Crippen LogP contribution in [-0.2, 0) is 10.2 Å². The van der Waals surface area contributed by atoms with E-state index in [-0.39, 0.29) is 11.3 Å². The molecule has 128 valence electrons. The number of thiophene rings is 1. The molecule has 24 heavy (non-hydrogen) atoms. The van der Waals surface area contributed by atoms with E-state index in [1.54, 1.807) is 6.07 Å². The number of carbonyl (C=O) groups is 1. The summed E-state index contributed by atoms with van der Waals surface area (Å²) in [6.45, 7) is 1.82. The van der Waals surface area contributed by atoms with E-state index in [4.69, 9.17) is 27.9 Å². The van der Waals surface area contributed by atoms with Crippen LogP contribution in [0.5, 0.6) is 0 Å². The molecule has 1 fully saturated rings. The second-order valence-electron chi connectivity index (χ2n) is 5.80. The van der Waals surface area contributed by atoms with Gasteiger partial charge >= 0.3 is 0 Å². The second-order valence-corrected chi connectivity index (χ2v) is 8.41. The van der Waals surface area contributed by atoms with Gasteiger partial charge in [0.2, 0.25) is 0 Å². The molecular formula is C17H16BrCl2NO2S. The Hall–Kier alpha value is -0.590. The van der Waals surface area contributed by atoms with Crippen LogP contribution in [0.15, 0.2) is 34.1 Å². The number of carbonyl (C=O) groups excluding carboxylic acids is 1. The topological polar surface area (TPSA) is 38.3 Å². The number of halogens is 3. The summed E-state index contributed by atoms with van der Waals surface area (Å²) in [5.41, 5.74) is 0.779. The maximum Gasteiger partial charge on any atom is 0.262 e. The summed E-state index contributed by atoms with van der Waals surface area (Å²) in [4.78, 5) is 13.1. The smallest absolute Gasteiger partial charge is 0.262 e. The first kappa shape index (κ1) is 18.2. The Bertz CT molecular complexity index is 744. The minimum Gasteiger partial charge on any atom is -0.381 e. The summed E-state index contributed by atoms with van der Waals surface area (Å²) in [5, 5.41) is 6.20. The minimum atomic E-state index is -0.237. The third kappa shape index (κ3) is 3.81. The number of hydrogen-bond donors (Lipinski definition) is 1. The van der Waals surface area contributed by atoms with Gasteiger partial charge in [0, 0.05) is 39.7 Å². The number of hydrogen-bond acceptors (Lipinski definition) is 3. The van der Waals surface area contributed by atoms with Crippen LogP contribution in [-0.4, -0.2) is 25.7 Å². The zero-order valence-electron chi connectivity index (χ0n) is 12.8. The summed E-state index contributed by atoms with van der Waals surface area (Å²) >= 11 is 17.3.